The molecule has 1 aliphatic heterocycles. The number of benzene rings is 1. The molecule has 1 aromatic carbocycles. The van der Waals surface area contributed by atoms with Gasteiger partial charge in [0.15, 0.2) is 0 Å². The van der Waals surface area contributed by atoms with E-state index in [4.69, 9.17) is 4.74 Å². The van der Waals surface area contributed by atoms with Gasteiger partial charge in [-0.05, 0) is 61.8 Å². The van der Waals surface area contributed by atoms with Crippen molar-refractivity contribution in [3.63, 3.8) is 0 Å². The second-order valence-corrected chi connectivity index (χ2v) is 6.87. The van der Waals surface area contributed by atoms with Crippen molar-refractivity contribution in [1.29, 1.82) is 0 Å². The third kappa shape index (κ3) is 3.78. The van der Waals surface area contributed by atoms with Gasteiger partial charge in [0.25, 0.3) is 0 Å². The molecule has 3 heteroatoms. The number of fused-ring (bicyclic) bond motifs is 1. The Labute approximate surface area is 127 Å². The molecule has 21 heavy (non-hydrogen) atoms. The predicted octanol–water partition coefficient (Wildman–Crippen LogP) is 2.69. The van der Waals surface area contributed by atoms with Crippen molar-refractivity contribution in [3.05, 3.63) is 29.3 Å². The summed E-state index contributed by atoms with van der Waals surface area (Å²) < 4.78 is 5.53. The van der Waals surface area contributed by atoms with E-state index >= 15 is 0 Å². The van der Waals surface area contributed by atoms with Crippen molar-refractivity contribution >= 4 is 0 Å². The van der Waals surface area contributed by atoms with E-state index in [-0.39, 0.29) is 0 Å². The smallest absolute Gasteiger partial charge is 0.122 e. The fourth-order valence-electron chi connectivity index (χ4n) is 3.43. The highest BCUT2D eigenvalue weighted by atomic mass is 16.5. The lowest BCUT2D eigenvalue weighted by Gasteiger charge is -2.35. The molecule has 0 aromatic heterocycles. The number of hydrogen-bond donors (Lipinski definition) is 2. The molecule has 1 saturated carbocycles. The Hall–Kier alpha value is -1.06. The Bertz CT molecular complexity index is 478. The van der Waals surface area contributed by atoms with Crippen LogP contribution >= 0.6 is 0 Å². The topological polar surface area (TPSA) is 41.5 Å². The lowest BCUT2D eigenvalue weighted by Crippen LogP contribution is -2.43. The number of rotatable bonds is 5. The van der Waals surface area contributed by atoms with Gasteiger partial charge in [-0.25, -0.2) is 0 Å². The average molecular weight is 289 g/mol. The minimum absolute atomic E-state index is 0.474. The van der Waals surface area contributed by atoms with Gasteiger partial charge in [-0.3, -0.25) is 0 Å². The first kappa shape index (κ1) is 14.9. The van der Waals surface area contributed by atoms with Crippen LogP contribution in [-0.4, -0.2) is 30.4 Å². The highest BCUT2D eigenvalue weighted by Gasteiger charge is 2.31. The molecule has 3 nitrogen and oxygen atoms in total. The summed E-state index contributed by atoms with van der Waals surface area (Å²) >= 11 is 0. The first-order valence-corrected chi connectivity index (χ1v) is 8.32. The van der Waals surface area contributed by atoms with Crippen molar-refractivity contribution in [1.82, 2.24) is 5.32 Å². The summed E-state index contributed by atoms with van der Waals surface area (Å²) in [6, 6.07) is 6.51. The standard InChI is InChI=1S/C18H27NO2/c1-14-4-8-18(20,9-5-14)13-19-10-6-15-2-3-17-16(12-15)7-11-21-17/h2-3,12,14,19-20H,4-11,13H2,1H3. The summed E-state index contributed by atoms with van der Waals surface area (Å²) in [6.45, 7) is 4.76. The Kier molecular flexibility index (Phi) is 4.51. The van der Waals surface area contributed by atoms with E-state index in [1.807, 2.05) is 0 Å². The zero-order chi connectivity index (χ0) is 14.7. The fraction of sp³-hybridized carbons (Fsp3) is 0.667. The Morgan fingerprint density at radius 1 is 1.33 bits per heavy atom. The highest BCUT2D eigenvalue weighted by Crippen LogP contribution is 2.31. The number of aliphatic hydroxyl groups is 1. The summed E-state index contributed by atoms with van der Waals surface area (Å²) in [5.74, 6) is 1.83. The van der Waals surface area contributed by atoms with E-state index < -0.39 is 5.60 Å². The molecule has 2 N–H and O–H groups in total. The summed E-state index contributed by atoms with van der Waals surface area (Å²) in [4.78, 5) is 0. The van der Waals surface area contributed by atoms with E-state index in [1.54, 1.807) is 0 Å². The van der Waals surface area contributed by atoms with Crippen LogP contribution in [0, 0.1) is 5.92 Å². The lowest BCUT2D eigenvalue weighted by molar-refractivity contribution is -0.00583. The average Bonchev–Trinajstić information content (AvgIpc) is 2.95. The lowest BCUT2D eigenvalue weighted by atomic mass is 9.79. The predicted molar refractivity (Wildman–Crippen MR) is 84.8 cm³/mol. The molecule has 1 fully saturated rings. The van der Waals surface area contributed by atoms with Gasteiger partial charge in [-0.15, -0.1) is 0 Å². The first-order chi connectivity index (χ1) is 10.1. The number of ether oxygens (including phenoxy) is 1. The van der Waals surface area contributed by atoms with Crippen molar-refractivity contribution in [2.24, 2.45) is 5.92 Å². The van der Waals surface area contributed by atoms with E-state index in [9.17, 15) is 5.11 Å². The maximum absolute atomic E-state index is 10.5. The Morgan fingerprint density at radius 2 is 2.14 bits per heavy atom. The van der Waals surface area contributed by atoms with Crippen LogP contribution in [0.2, 0.25) is 0 Å². The van der Waals surface area contributed by atoms with Gasteiger partial charge in [-0.2, -0.15) is 0 Å². The third-order valence-corrected chi connectivity index (χ3v) is 5.00. The maximum atomic E-state index is 10.5. The summed E-state index contributed by atoms with van der Waals surface area (Å²) in [5, 5.41) is 14.0. The molecule has 3 rings (SSSR count). The Balaban J connectivity index is 1.42. The van der Waals surface area contributed by atoms with Crippen molar-refractivity contribution in [3.8, 4) is 5.75 Å². The molecule has 0 spiro atoms. The van der Waals surface area contributed by atoms with E-state index in [1.165, 1.54) is 11.1 Å². The van der Waals surface area contributed by atoms with Crippen LogP contribution in [0.25, 0.3) is 0 Å². The van der Waals surface area contributed by atoms with Crippen LogP contribution in [0.3, 0.4) is 0 Å². The van der Waals surface area contributed by atoms with Crippen LogP contribution in [0.1, 0.15) is 43.7 Å². The molecule has 116 valence electrons. The molecule has 0 atom stereocenters. The van der Waals surface area contributed by atoms with Gasteiger partial charge < -0.3 is 15.2 Å². The van der Waals surface area contributed by atoms with Gasteiger partial charge >= 0.3 is 0 Å². The van der Waals surface area contributed by atoms with Crippen LogP contribution in [0.15, 0.2) is 18.2 Å². The second kappa shape index (κ2) is 6.37. The molecule has 0 unspecified atom stereocenters. The van der Waals surface area contributed by atoms with E-state index in [0.29, 0.717) is 0 Å². The number of nitrogens with one attached hydrogen (secondary N) is 1. The van der Waals surface area contributed by atoms with Crippen molar-refractivity contribution < 1.29 is 9.84 Å². The quantitative estimate of drug-likeness (QED) is 0.819. The van der Waals surface area contributed by atoms with Crippen LogP contribution in [-0.2, 0) is 12.8 Å². The molecule has 0 saturated heterocycles. The summed E-state index contributed by atoms with van der Waals surface area (Å²) in [6.07, 6.45) is 6.25. The van der Waals surface area contributed by atoms with Crippen molar-refractivity contribution in [2.45, 2.75) is 51.0 Å². The van der Waals surface area contributed by atoms with Gasteiger partial charge in [0.1, 0.15) is 5.75 Å². The summed E-state index contributed by atoms with van der Waals surface area (Å²) in [7, 11) is 0. The second-order valence-electron chi connectivity index (χ2n) is 6.87. The normalized spacial score (nSPS) is 28.2. The van der Waals surface area contributed by atoms with Gasteiger partial charge in [-0.1, -0.05) is 19.1 Å². The molecule has 0 amide bonds. The molecule has 1 aliphatic carbocycles. The monoisotopic (exact) mass is 289 g/mol. The first-order valence-electron chi connectivity index (χ1n) is 8.32. The molecule has 1 aromatic rings. The minimum atomic E-state index is -0.474. The largest absolute Gasteiger partial charge is 0.493 e. The molecule has 0 radical (unpaired) electrons. The number of hydrogen-bond acceptors (Lipinski definition) is 3. The van der Waals surface area contributed by atoms with Gasteiger partial charge in [0.2, 0.25) is 0 Å². The van der Waals surface area contributed by atoms with E-state index in [2.05, 4.69) is 30.4 Å². The molecular formula is C18H27NO2. The highest BCUT2D eigenvalue weighted by molar-refractivity contribution is 5.39. The summed E-state index contributed by atoms with van der Waals surface area (Å²) in [5.41, 5.74) is 2.22. The third-order valence-electron chi connectivity index (χ3n) is 5.00. The van der Waals surface area contributed by atoms with Crippen LogP contribution in [0.4, 0.5) is 0 Å². The fourth-order valence-corrected chi connectivity index (χ4v) is 3.43. The van der Waals surface area contributed by atoms with Gasteiger partial charge in [0, 0.05) is 13.0 Å². The molecule has 1 heterocycles. The molecular weight excluding hydrogens is 262 g/mol. The van der Waals surface area contributed by atoms with Crippen molar-refractivity contribution in [2.75, 3.05) is 19.7 Å². The zero-order valence-corrected chi connectivity index (χ0v) is 13.0. The van der Waals surface area contributed by atoms with Crippen LogP contribution in [0.5, 0.6) is 5.75 Å². The Morgan fingerprint density at radius 3 is 2.95 bits per heavy atom. The maximum Gasteiger partial charge on any atom is 0.122 e. The molecule has 0 bridgehead atoms. The van der Waals surface area contributed by atoms with E-state index in [0.717, 1.165) is 69.9 Å². The SMILES string of the molecule is CC1CCC(O)(CNCCc2ccc3c(c2)CCO3)CC1. The van der Waals surface area contributed by atoms with Gasteiger partial charge in [0.05, 0.1) is 12.2 Å². The molecule has 2 aliphatic rings. The van der Waals surface area contributed by atoms with Crippen LogP contribution < -0.4 is 10.1 Å². The minimum Gasteiger partial charge on any atom is -0.493 e. The zero-order valence-electron chi connectivity index (χ0n) is 13.0.